The topological polar surface area (TPSA) is 67.9 Å². The Morgan fingerprint density at radius 1 is 1.07 bits per heavy atom. The number of nitrogens with one attached hydrogen (secondary N) is 1. The fourth-order valence-corrected chi connectivity index (χ4v) is 3.19. The van der Waals surface area contributed by atoms with E-state index in [4.69, 9.17) is 9.47 Å². The van der Waals surface area contributed by atoms with Gasteiger partial charge in [-0.3, -0.25) is 9.59 Å². The summed E-state index contributed by atoms with van der Waals surface area (Å²) in [7, 11) is 0. The summed E-state index contributed by atoms with van der Waals surface area (Å²) in [6, 6.07) is 14.9. The molecule has 28 heavy (non-hydrogen) atoms. The van der Waals surface area contributed by atoms with Gasteiger partial charge in [-0.1, -0.05) is 24.3 Å². The van der Waals surface area contributed by atoms with Crippen molar-refractivity contribution >= 4 is 23.2 Å². The Morgan fingerprint density at radius 3 is 2.50 bits per heavy atom. The molecule has 0 aromatic heterocycles. The number of carbonyl (C=O) groups excluding carboxylic acids is 2. The molecule has 0 bridgehead atoms. The number of hydrogen-bond donors (Lipinski definition) is 1. The van der Waals surface area contributed by atoms with Crippen molar-refractivity contribution in [1.29, 1.82) is 0 Å². The Hall–Kier alpha value is -3.02. The molecular weight excluding hydrogens is 356 g/mol. The van der Waals surface area contributed by atoms with Crippen molar-refractivity contribution in [1.82, 2.24) is 0 Å². The molecule has 0 aliphatic carbocycles. The van der Waals surface area contributed by atoms with Crippen molar-refractivity contribution < 1.29 is 19.1 Å². The number of anilines is 2. The highest BCUT2D eigenvalue weighted by atomic mass is 16.5. The smallest absolute Gasteiger partial charge is 0.227 e. The number of rotatable bonds is 9. The summed E-state index contributed by atoms with van der Waals surface area (Å²) in [4.78, 5) is 26.1. The van der Waals surface area contributed by atoms with Crippen LogP contribution in [0.1, 0.15) is 32.6 Å². The molecule has 0 atom stereocenters. The third kappa shape index (κ3) is 5.03. The molecule has 2 aromatic rings. The number of benzene rings is 2. The third-order valence-corrected chi connectivity index (χ3v) is 4.50. The maximum atomic E-state index is 12.3. The van der Waals surface area contributed by atoms with Crippen LogP contribution in [0, 0.1) is 0 Å². The van der Waals surface area contributed by atoms with E-state index in [0.717, 1.165) is 12.1 Å². The second kappa shape index (κ2) is 9.78. The fraction of sp³-hybridized carbons (Fsp3) is 0.364. The van der Waals surface area contributed by atoms with Crippen molar-refractivity contribution in [2.24, 2.45) is 0 Å². The van der Waals surface area contributed by atoms with Crippen LogP contribution >= 0.6 is 0 Å². The van der Waals surface area contributed by atoms with Crippen LogP contribution in [-0.2, 0) is 9.59 Å². The lowest BCUT2D eigenvalue weighted by Gasteiger charge is -2.20. The Morgan fingerprint density at radius 2 is 1.79 bits per heavy atom. The summed E-state index contributed by atoms with van der Waals surface area (Å²) in [5.41, 5.74) is 1.44. The molecule has 1 N–H and O–H groups in total. The number of carbonyl (C=O) groups is 2. The quantitative estimate of drug-likeness (QED) is 0.666. The first-order valence-corrected chi connectivity index (χ1v) is 9.73. The van der Waals surface area contributed by atoms with Gasteiger partial charge in [-0.05, 0) is 44.0 Å². The molecule has 1 fully saturated rings. The lowest BCUT2D eigenvalue weighted by Crippen LogP contribution is -2.25. The summed E-state index contributed by atoms with van der Waals surface area (Å²) in [5.74, 6) is 1.39. The summed E-state index contributed by atoms with van der Waals surface area (Å²) < 4.78 is 11.3. The van der Waals surface area contributed by atoms with Crippen LogP contribution in [-0.4, -0.2) is 31.6 Å². The van der Waals surface area contributed by atoms with Crippen molar-refractivity contribution in [3.8, 4) is 11.5 Å². The van der Waals surface area contributed by atoms with E-state index in [9.17, 15) is 9.59 Å². The lowest BCUT2D eigenvalue weighted by atomic mass is 10.2. The predicted molar refractivity (Wildman–Crippen MR) is 109 cm³/mol. The molecular formula is C22H26N2O4. The average Bonchev–Trinajstić information content (AvgIpc) is 3.13. The van der Waals surface area contributed by atoms with Crippen LogP contribution in [0.4, 0.5) is 11.4 Å². The maximum absolute atomic E-state index is 12.3. The zero-order valence-corrected chi connectivity index (χ0v) is 16.1. The minimum Gasteiger partial charge on any atom is -0.490 e. The first-order chi connectivity index (χ1) is 13.7. The van der Waals surface area contributed by atoms with Crippen molar-refractivity contribution in [2.75, 3.05) is 30.0 Å². The third-order valence-electron chi connectivity index (χ3n) is 4.50. The fourth-order valence-electron chi connectivity index (χ4n) is 3.19. The predicted octanol–water partition coefficient (Wildman–Crippen LogP) is 4.01. The van der Waals surface area contributed by atoms with E-state index in [1.165, 1.54) is 0 Å². The van der Waals surface area contributed by atoms with Gasteiger partial charge in [0.2, 0.25) is 11.8 Å². The number of para-hydroxylation sites is 4. The molecule has 1 aliphatic heterocycles. The number of ether oxygens (including phenoxy) is 2. The Labute approximate surface area is 165 Å². The largest absolute Gasteiger partial charge is 0.490 e. The molecule has 1 heterocycles. The van der Waals surface area contributed by atoms with E-state index in [0.29, 0.717) is 56.2 Å². The molecule has 6 nitrogen and oxygen atoms in total. The van der Waals surface area contributed by atoms with Gasteiger partial charge >= 0.3 is 0 Å². The molecule has 2 amide bonds. The number of amides is 2. The van der Waals surface area contributed by atoms with E-state index >= 15 is 0 Å². The van der Waals surface area contributed by atoms with Gasteiger partial charge in [-0.25, -0.2) is 0 Å². The van der Waals surface area contributed by atoms with Crippen LogP contribution in [0.5, 0.6) is 11.5 Å². The zero-order valence-electron chi connectivity index (χ0n) is 16.1. The summed E-state index contributed by atoms with van der Waals surface area (Å²) in [6.07, 6.45) is 2.32. The first-order valence-electron chi connectivity index (χ1n) is 9.73. The van der Waals surface area contributed by atoms with Gasteiger partial charge in [0.15, 0.2) is 11.5 Å². The van der Waals surface area contributed by atoms with E-state index in [1.54, 1.807) is 4.90 Å². The highest BCUT2D eigenvalue weighted by molar-refractivity contribution is 6.02. The van der Waals surface area contributed by atoms with Crippen molar-refractivity contribution in [2.45, 2.75) is 32.6 Å². The second-order valence-electron chi connectivity index (χ2n) is 6.55. The highest BCUT2D eigenvalue weighted by Gasteiger charge is 2.24. The Balaban J connectivity index is 1.50. The van der Waals surface area contributed by atoms with E-state index in [2.05, 4.69) is 5.32 Å². The SMILES string of the molecule is CCOc1ccccc1OCCCC(=O)Nc1ccccc1N1CCCC1=O. The summed E-state index contributed by atoms with van der Waals surface area (Å²) in [6.45, 7) is 3.61. The van der Waals surface area contributed by atoms with Gasteiger partial charge in [0.05, 0.1) is 24.6 Å². The van der Waals surface area contributed by atoms with Gasteiger partial charge in [0, 0.05) is 19.4 Å². The second-order valence-corrected chi connectivity index (χ2v) is 6.55. The molecule has 3 rings (SSSR count). The number of hydrogen-bond acceptors (Lipinski definition) is 4. The summed E-state index contributed by atoms with van der Waals surface area (Å²) in [5, 5.41) is 2.93. The van der Waals surface area contributed by atoms with E-state index in [-0.39, 0.29) is 11.8 Å². The molecule has 1 aliphatic rings. The van der Waals surface area contributed by atoms with Gasteiger partial charge in [-0.2, -0.15) is 0 Å². The molecule has 0 unspecified atom stereocenters. The Bertz CT molecular complexity index is 822. The van der Waals surface area contributed by atoms with Crippen LogP contribution < -0.4 is 19.7 Å². The standard InChI is InChI=1S/C22H26N2O4/c1-2-27-19-11-5-6-12-20(19)28-16-8-13-21(25)23-17-9-3-4-10-18(17)24-15-7-14-22(24)26/h3-6,9-12H,2,7-8,13-16H2,1H3,(H,23,25). The van der Waals surface area contributed by atoms with Crippen molar-refractivity contribution in [3.63, 3.8) is 0 Å². The molecule has 148 valence electrons. The molecule has 0 spiro atoms. The molecule has 0 saturated carbocycles. The van der Waals surface area contributed by atoms with Crippen LogP contribution in [0.15, 0.2) is 48.5 Å². The average molecular weight is 382 g/mol. The minimum atomic E-state index is -0.0965. The normalized spacial score (nSPS) is 13.5. The minimum absolute atomic E-state index is 0.0965. The maximum Gasteiger partial charge on any atom is 0.227 e. The molecule has 0 radical (unpaired) electrons. The van der Waals surface area contributed by atoms with Gasteiger partial charge < -0.3 is 19.7 Å². The van der Waals surface area contributed by atoms with Crippen LogP contribution in [0.2, 0.25) is 0 Å². The highest BCUT2D eigenvalue weighted by Crippen LogP contribution is 2.29. The monoisotopic (exact) mass is 382 g/mol. The molecule has 1 saturated heterocycles. The molecule has 2 aromatic carbocycles. The lowest BCUT2D eigenvalue weighted by molar-refractivity contribution is -0.117. The van der Waals surface area contributed by atoms with Crippen LogP contribution in [0.3, 0.4) is 0 Å². The van der Waals surface area contributed by atoms with E-state index < -0.39 is 0 Å². The zero-order chi connectivity index (χ0) is 19.8. The van der Waals surface area contributed by atoms with Gasteiger partial charge in [0.1, 0.15) is 0 Å². The Kier molecular flexibility index (Phi) is 6.89. The first kappa shape index (κ1) is 19.7. The van der Waals surface area contributed by atoms with Crippen LogP contribution in [0.25, 0.3) is 0 Å². The summed E-state index contributed by atoms with van der Waals surface area (Å²) >= 11 is 0. The molecule has 6 heteroatoms. The van der Waals surface area contributed by atoms with E-state index in [1.807, 2.05) is 55.5 Å². The number of nitrogens with zero attached hydrogens (tertiary/aromatic N) is 1. The van der Waals surface area contributed by atoms with Gasteiger partial charge in [-0.15, -0.1) is 0 Å². The van der Waals surface area contributed by atoms with Crippen molar-refractivity contribution in [3.05, 3.63) is 48.5 Å². The van der Waals surface area contributed by atoms with Gasteiger partial charge in [0.25, 0.3) is 0 Å².